The maximum Gasteiger partial charge on any atom is 0.307 e. The van der Waals surface area contributed by atoms with E-state index in [0.29, 0.717) is 16.6 Å². The number of halogens is 2. The van der Waals surface area contributed by atoms with Crippen molar-refractivity contribution < 1.29 is 9.90 Å². The van der Waals surface area contributed by atoms with Crippen molar-refractivity contribution in [3.05, 3.63) is 33.8 Å². The fraction of sp³-hybridized carbons (Fsp3) is 0.500. The molecule has 1 aromatic rings. The van der Waals surface area contributed by atoms with Crippen LogP contribution in [0.5, 0.6) is 0 Å². The predicted octanol–water partition coefficient (Wildman–Crippen LogP) is 3.85. The second kappa shape index (κ2) is 6.12. The van der Waals surface area contributed by atoms with E-state index in [1.807, 2.05) is 19.1 Å². The lowest BCUT2D eigenvalue weighted by Gasteiger charge is -2.35. The molecule has 104 valence electrons. The summed E-state index contributed by atoms with van der Waals surface area (Å²) in [5.41, 5.74) is 0.959. The van der Waals surface area contributed by atoms with Crippen molar-refractivity contribution in [3.8, 4) is 0 Å². The van der Waals surface area contributed by atoms with Crippen LogP contribution in [0.4, 0.5) is 0 Å². The standard InChI is InChI=1S/C14H17Cl2NO2/c1-9(11-5-2-6-12(15)13(11)16)17-7-3-4-10(8-17)14(18)19/h2,5-6,9-10H,3-4,7-8H2,1H3,(H,18,19). The third-order valence-electron chi connectivity index (χ3n) is 3.78. The van der Waals surface area contributed by atoms with Crippen molar-refractivity contribution in [2.45, 2.75) is 25.8 Å². The van der Waals surface area contributed by atoms with Crippen LogP contribution >= 0.6 is 23.2 Å². The zero-order valence-electron chi connectivity index (χ0n) is 10.8. The van der Waals surface area contributed by atoms with Crippen LogP contribution in [0, 0.1) is 5.92 Å². The molecule has 0 bridgehead atoms. The Labute approximate surface area is 123 Å². The maximum absolute atomic E-state index is 11.1. The van der Waals surface area contributed by atoms with Crippen LogP contribution < -0.4 is 0 Å². The van der Waals surface area contributed by atoms with Gasteiger partial charge in [0.05, 0.1) is 16.0 Å². The Kier molecular flexibility index (Phi) is 4.71. The minimum Gasteiger partial charge on any atom is -0.481 e. The van der Waals surface area contributed by atoms with Gasteiger partial charge in [0.25, 0.3) is 0 Å². The summed E-state index contributed by atoms with van der Waals surface area (Å²) in [6.07, 6.45) is 1.65. The number of likely N-dealkylation sites (tertiary alicyclic amines) is 1. The quantitative estimate of drug-likeness (QED) is 0.922. The van der Waals surface area contributed by atoms with E-state index < -0.39 is 5.97 Å². The Morgan fingerprint density at radius 1 is 1.47 bits per heavy atom. The van der Waals surface area contributed by atoms with Crippen molar-refractivity contribution in [1.82, 2.24) is 4.90 Å². The molecule has 1 aromatic carbocycles. The highest BCUT2D eigenvalue weighted by Crippen LogP contribution is 2.34. The van der Waals surface area contributed by atoms with Crippen LogP contribution in [0.15, 0.2) is 18.2 Å². The topological polar surface area (TPSA) is 40.5 Å². The summed E-state index contributed by atoms with van der Waals surface area (Å²) in [6.45, 7) is 3.51. The van der Waals surface area contributed by atoms with Gasteiger partial charge in [0.15, 0.2) is 0 Å². The summed E-state index contributed by atoms with van der Waals surface area (Å²) < 4.78 is 0. The Morgan fingerprint density at radius 3 is 2.89 bits per heavy atom. The number of carboxylic acids is 1. The lowest BCUT2D eigenvalue weighted by molar-refractivity contribution is -0.143. The van der Waals surface area contributed by atoms with Crippen LogP contribution in [0.1, 0.15) is 31.4 Å². The van der Waals surface area contributed by atoms with Crippen LogP contribution in [-0.2, 0) is 4.79 Å². The van der Waals surface area contributed by atoms with Gasteiger partial charge in [-0.25, -0.2) is 0 Å². The van der Waals surface area contributed by atoms with E-state index in [1.165, 1.54) is 0 Å². The van der Waals surface area contributed by atoms with Gasteiger partial charge in [-0.15, -0.1) is 0 Å². The average molecular weight is 302 g/mol. The number of aliphatic carboxylic acids is 1. The highest BCUT2D eigenvalue weighted by atomic mass is 35.5. The number of carbonyl (C=O) groups is 1. The Balaban J connectivity index is 2.17. The molecule has 0 spiro atoms. The van der Waals surface area contributed by atoms with Gasteiger partial charge in [-0.2, -0.15) is 0 Å². The molecule has 0 aliphatic carbocycles. The molecule has 0 aromatic heterocycles. The van der Waals surface area contributed by atoms with Gasteiger partial charge < -0.3 is 5.11 Å². The minimum absolute atomic E-state index is 0.0772. The molecule has 1 saturated heterocycles. The first-order chi connectivity index (χ1) is 9.00. The fourth-order valence-corrected chi connectivity index (χ4v) is 3.07. The van der Waals surface area contributed by atoms with E-state index in [-0.39, 0.29) is 12.0 Å². The van der Waals surface area contributed by atoms with Crippen molar-refractivity contribution in [3.63, 3.8) is 0 Å². The van der Waals surface area contributed by atoms with Crippen LogP contribution in [-0.4, -0.2) is 29.1 Å². The molecule has 1 heterocycles. The molecule has 1 N–H and O–H groups in total. The SMILES string of the molecule is CC(c1cccc(Cl)c1Cl)N1CCCC(C(=O)O)C1. The zero-order valence-corrected chi connectivity index (χ0v) is 12.3. The van der Waals surface area contributed by atoms with E-state index in [4.69, 9.17) is 28.3 Å². The van der Waals surface area contributed by atoms with E-state index in [1.54, 1.807) is 6.07 Å². The Morgan fingerprint density at radius 2 is 2.21 bits per heavy atom. The first-order valence-electron chi connectivity index (χ1n) is 6.41. The smallest absolute Gasteiger partial charge is 0.307 e. The normalized spacial score (nSPS) is 22.2. The van der Waals surface area contributed by atoms with Crippen molar-refractivity contribution in [2.75, 3.05) is 13.1 Å². The zero-order chi connectivity index (χ0) is 14.0. The summed E-state index contributed by atoms with van der Waals surface area (Å²) in [5, 5.41) is 10.2. The Hall–Kier alpha value is -0.770. The van der Waals surface area contributed by atoms with Crippen LogP contribution in [0.3, 0.4) is 0 Å². The molecular weight excluding hydrogens is 285 g/mol. The highest BCUT2D eigenvalue weighted by Gasteiger charge is 2.29. The molecule has 0 amide bonds. The first-order valence-corrected chi connectivity index (χ1v) is 7.17. The summed E-state index contributed by atoms with van der Waals surface area (Å²) >= 11 is 12.3. The van der Waals surface area contributed by atoms with Crippen molar-refractivity contribution in [2.24, 2.45) is 5.92 Å². The van der Waals surface area contributed by atoms with Crippen LogP contribution in [0.2, 0.25) is 10.0 Å². The number of hydrogen-bond donors (Lipinski definition) is 1. The summed E-state index contributed by atoms with van der Waals surface area (Å²) in [4.78, 5) is 13.3. The minimum atomic E-state index is -0.714. The lowest BCUT2D eigenvalue weighted by atomic mass is 9.95. The first kappa shape index (κ1) is 14.6. The average Bonchev–Trinajstić information content (AvgIpc) is 2.41. The number of nitrogens with zero attached hydrogens (tertiary/aromatic N) is 1. The van der Waals surface area contributed by atoms with E-state index in [9.17, 15) is 4.79 Å². The summed E-state index contributed by atoms with van der Waals surface area (Å²) in [7, 11) is 0. The summed E-state index contributed by atoms with van der Waals surface area (Å²) in [5.74, 6) is -0.997. The molecular formula is C14H17Cl2NO2. The third kappa shape index (κ3) is 3.22. The fourth-order valence-electron chi connectivity index (χ4n) is 2.60. The number of rotatable bonds is 3. The van der Waals surface area contributed by atoms with Gasteiger partial charge in [-0.1, -0.05) is 35.3 Å². The monoisotopic (exact) mass is 301 g/mol. The summed E-state index contributed by atoms with van der Waals surface area (Å²) in [6, 6.07) is 5.66. The van der Waals surface area contributed by atoms with Gasteiger partial charge in [0.2, 0.25) is 0 Å². The third-order valence-corrected chi connectivity index (χ3v) is 4.61. The molecule has 1 aliphatic rings. The lowest BCUT2D eigenvalue weighted by Crippen LogP contribution is -2.40. The maximum atomic E-state index is 11.1. The van der Waals surface area contributed by atoms with Gasteiger partial charge >= 0.3 is 5.97 Å². The second-order valence-electron chi connectivity index (χ2n) is 4.99. The second-order valence-corrected chi connectivity index (χ2v) is 5.78. The molecule has 2 atom stereocenters. The number of benzene rings is 1. The molecule has 3 nitrogen and oxygen atoms in total. The molecule has 2 rings (SSSR count). The predicted molar refractivity (Wildman–Crippen MR) is 76.8 cm³/mol. The molecule has 0 radical (unpaired) electrons. The van der Waals surface area contributed by atoms with Gasteiger partial charge in [-0.3, -0.25) is 9.69 Å². The van der Waals surface area contributed by atoms with Crippen molar-refractivity contribution in [1.29, 1.82) is 0 Å². The van der Waals surface area contributed by atoms with Crippen molar-refractivity contribution >= 4 is 29.2 Å². The van der Waals surface area contributed by atoms with Crippen LogP contribution in [0.25, 0.3) is 0 Å². The number of hydrogen-bond acceptors (Lipinski definition) is 2. The number of carboxylic acid groups (broad SMARTS) is 1. The van der Waals surface area contributed by atoms with Gasteiger partial charge in [0, 0.05) is 12.6 Å². The van der Waals surface area contributed by atoms with Gasteiger partial charge in [-0.05, 0) is 37.9 Å². The largest absolute Gasteiger partial charge is 0.481 e. The molecule has 1 aliphatic heterocycles. The van der Waals surface area contributed by atoms with E-state index in [0.717, 1.165) is 24.9 Å². The number of piperidine rings is 1. The van der Waals surface area contributed by atoms with E-state index >= 15 is 0 Å². The van der Waals surface area contributed by atoms with E-state index in [2.05, 4.69) is 4.90 Å². The molecule has 0 saturated carbocycles. The Bertz CT molecular complexity index is 479. The molecule has 5 heteroatoms. The molecule has 1 fully saturated rings. The molecule has 2 unspecified atom stereocenters. The molecule has 19 heavy (non-hydrogen) atoms. The highest BCUT2D eigenvalue weighted by molar-refractivity contribution is 6.42. The van der Waals surface area contributed by atoms with Gasteiger partial charge in [0.1, 0.15) is 0 Å².